The molecule has 2 N–H and O–H groups in total. The van der Waals surface area contributed by atoms with Crippen molar-refractivity contribution in [3.05, 3.63) is 53.4 Å². The fraction of sp³-hybridized carbons (Fsp3) is 0.316. The zero-order valence-electron chi connectivity index (χ0n) is 15.7. The summed E-state index contributed by atoms with van der Waals surface area (Å²) in [6, 6.07) is 9.40. The van der Waals surface area contributed by atoms with E-state index in [9.17, 15) is 4.79 Å². The molecule has 1 unspecified atom stereocenters. The lowest BCUT2D eigenvalue weighted by atomic mass is 10.0. The number of imidazole rings is 1. The van der Waals surface area contributed by atoms with E-state index in [1.807, 2.05) is 58.0 Å². The van der Waals surface area contributed by atoms with Gasteiger partial charge in [0.15, 0.2) is 0 Å². The third kappa shape index (κ3) is 3.14. The van der Waals surface area contributed by atoms with Crippen molar-refractivity contribution in [3.8, 4) is 0 Å². The summed E-state index contributed by atoms with van der Waals surface area (Å²) < 4.78 is 1.58. The number of aromatic nitrogens is 6. The zero-order chi connectivity index (χ0) is 19.1. The van der Waals surface area contributed by atoms with Gasteiger partial charge in [-0.15, -0.1) is 5.10 Å². The van der Waals surface area contributed by atoms with Gasteiger partial charge in [0.1, 0.15) is 5.82 Å². The second kappa shape index (κ2) is 6.46. The van der Waals surface area contributed by atoms with Crippen molar-refractivity contribution in [2.75, 3.05) is 0 Å². The van der Waals surface area contributed by atoms with Gasteiger partial charge in [-0.1, -0.05) is 26.0 Å². The lowest BCUT2D eigenvalue weighted by molar-refractivity contribution is 0.0913. The topological polar surface area (TPSA) is 101 Å². The first kappa shape index (κ1) is 17.1. The minimum atomic E-state index is -0.350. The van der Waals surface area contributed by atoms with Gasteiger partial charge in [-0.25, -0.2) is 14.5 Å². The Morgan fingerprint density at radius 2 is 1.93 bits per heavy atom. The molecular formula is C19H21N7O. The Morgan fingerprint density at radius 3 is 2.67 bits per heavy atom. The molecule has 1 atom stereocenters. The van der Waals surface area contributed by atoms with E-state index in [0.29, 0.717) is 11.6 Å². The molecule has 3 aromatic heterocycles. The Balaban J connectivity index is 1.65. The third-order valence-corrected chi connectivity index (χ3v) is 4.48. The first-order valence-corrected chi connectivity index (χ1v) is 8.89. The van der Waals surface area contributed by atoms with Gasteiger partial charge in [0.2, 0.25) is 5.82 Å². The van der Waals surface area contributed by atoms with Crippen LogP contribution in [0.3, 0.4) is 0 Å². The summed E-state index contributed by atoms with van der Waals surface area (Å²) >= 11 is 0. The van der Waals surface area contributed by atoms with Crippen molar-refractivity contribution in [2.24, 2.45) is 5.92 Å². The quantitative estimate of drug-likeness (QED) is 0.581. The third-order valence-electron chi connectivity index (χ3n) is 4.48. The Labute approximate surface area is 156 Å². The van der Waals surface area contributed by atoms with Gasteiger partial charge in [0.05, 0.1) is 17.1 Å². The van der Waals surface area contributed by atoms with Crippen LogP contribution in [0.2, 0.25) is 0 Å². The second-order valence-corrected chi connectivity index (χ2v) is 7.02. The molecule has 27 heavy (non-hydrogen) atoms. The minimum absolute atomic E-state index is 0.0953. The standard InChI is InChI=1S/C19H21N7O/c1-10(2)15(16-21-13-7-5-6-8-14(13)22-16)23-18(27)17-24-19-20-11(3)9-12(4)26(19)25-17/h5-10,15H,1-4H3,(H,21,22)(H,23,27). The van der Waals surface area contributed by atoms with Gasteiger partial charge in [0, 0.05) is 11.4 Å². The minimum Gasteiger partial charge on any atom is -0.340 e. The van der Waals surface area contributed by atoms with Gasteiger partial charge in [-0.2, -0.15) is 4.98 Å². The second-order valence-electron chi connectivity index (χ2n) is 7.02. The van der Waals surface area contributed by atoms with Crippen LogP contribution < -0.4 is 5.32 Å². The fourth-order valence-electron chi connectivity index (χ4n) is 3.14. The molecule has 1 amide bonds. The molecule has 0 radical (unpaired) electrons. The van der Waals surface area contributed by atoms with Gasteiger partial charge in [0.25, 0.3) is 11.7 Å². The molecule has 0 saturated carbocycles. The highest BCUT2D eigenvalue weighted by Crippen LogP contribution is 2.22. The number of carbonyl (C=O) groups excluding carboxylic acids is 1. The van der Waals surface area contributed by atoms with E-state index in [1.54, 1.807) is 4.52 Å². The number of rotatable bonds is 4. The monoisotopic (exact) mass is 363 g/mol. The highest BCUT2D eigenvalue weighted by Gasteiger charge is 2.24. The number of hydrogen-bond acceptors (Lipinski definition) is 5. The van der Waals surface area contributed by atoms with Gasteiger partial charge in [-0.3, -0.25) is 4.79 Å². The van der Waals surface area contributed by atoms with E-state index < -0.39 is 0 Å². The number of para-hydroxylation sites is 2. The largest absolute Gasteiger partial charge is 0.340 e. The maximum Gasteiger partial charge on any atom is 0.291 e. The Kier molecular flexibility index (Phi) is 4.10. The summed E-state index contributed by atoms with van der Waals surface area (Å²) in [5.74, 6) is 1.01. The number of amides is 1. The van der Waals surface area contributed by atoms with Crippen LogP contribution in [0.1, 0.15) is 47.7 Å². The van der Waals surface area contributed by atoms with Crippen molar-refractivity contribution in [3.63, 3.8) is 0 Å². The Hall–Kier alpha value is -3.29. The van der Waals surface area contributed by atoms with E-state index in [4.69, 9.17) is 0 Å². The molecule has 0 aliphatic heterocycles. The summed E-state index contributed by atoms with van der Waals surface area (Å²) in [5, 5.41) is 7.31. The molecule has 0 saturated heterocycles. The van der Waals surface area contributed by atoms with Crippen LogP contribution >= 0.6 is 0 Å². The first-order chi connectivity index (χ1) is 12.9. The van der Waals surface area contributed by atoms with Crippen molar-refractivity contribution in [2.45, 2.75) is 33.7 Å². The van der Waals surface area contributed by atoms with E-state index in [-0.39, 0.29) is 23.7 Å². The molecule has 4 aromatic rings. The SMILES string of the molecule is Cc1cc(C)n2nc(C(=O)NC(c3nc4ccccc4[nH]3)C(C)C)nc2n1. The molecule has 1 aromatic carbocycles. The molecule has 0 aliphatic carbocycles. The smallest absolute Gasteiger partial charge is 0.291 e. The van der Waals surface area contributed by atoms with Crippen LogP contribution in [0.4, 0.5) is 0 Å². The molecule has 0 bridgehead atoms. The lowest BCUT2D eigenvalue weighted by Gasteiger charge is -2.19. The summed E-state index contributed by atoms with van der Waals surface area (Å²) in [6.07, 6.45) is 0. The lowest BCUT2D eigenvalue weighted by Crippen LogP contribution is -2.33. The summed E-state index contributed by atoms with van der Waals surface area (Å²) in [4.78, 5) is 29.3. The molecule has 3 heterocycles. The summed E-state index contributed by atoms with van der Waals surface area (Å²) in [5.41, 5.74) is 3.52. The summed E-state index contributed by atoms with van der Waals surface area (Å²) in [7, 11) is 0. The van der Waals surface area contributed by atoms with Crippen molar-refractivity contribution in [1.82, 2.24) is 34.9 Å². The van der Waals surface area contributed by atoms with E-state index in [2.05, 4.69) is 30.4 Å². The van der Waals surface area contributed by atoms with Gasteiger partial charge in [-0.05, 0) is 38.0 Å². The predicted molar refractivity (Wildman–Crippen MR) is 101 cm³/mol. The van der Waals surface area contributed by atoms with Gasteiger partial charge >= 0.3 is 0 Å². The average Bonchev–Trinajstić information content (AvgIpc) is 3.22. The number of aromatic amines is 1. The van der Waals surface area contributed by atoms with Crippen LogP contribution in [-0.2, 0) is 0 Å². The molecule has 8 nitrogen and oxygen atoms in total. The number of nitrogens with one attached hydrogen (secondary N) is 2. The number of fused-ring (bicyclic) bond motifs is 2. The molecule has 8 heteroatoms. The van der Waals surface area contributed by atoms with Crippen molar-refractivity contribution in [1.29, 1.82) is 0 Å². The molecule has 138 valence electrons. The maximum atomic E-state index is 12.8. The molecule has 0 spiro atoms. The number of benzene rings is 1. The van der Waals surface area contributed by atoms with Crippen LogP contribution in [-0.4, -0.2) is 35.5 Å². The van der Waals surface area contributed by atoms with E-state index >= 15 is 0 Å². The number of aryl methyl sites for hydroxylation is 2. The first-order valence-electron chi connectivity index (χ1n) is 8.89. The van der Waals surface area contributed by atoms with Crippen molar-refractivity contribution >= 4 is 22.7 Å². The number of hydrogen-bond donors (Lipinski definition) is 2. The predicted octanol–water partition coefficient (Wildman–Crippen LogP) is 2.74. The van der Waals surface area contributed by atoms with Crippen LogP contribution in [0.25, 0.3) is 16.8 Å². The molecule has 0 aliphatic rings. The highest BCUT2D eigenvalue weighted by atomic mass is 16.2. The molecular weight excluding hydrogens is 342 g/mol. The fourth-order valence-corrected chi connectivity index (χ4v) is 3.14. The summed E-state index contributed by atoms with van der Waals surface area (Å²) in [6.45, 7) is 7.86. The zero-order valence-corrected chi connectivity index (χ0v) is 15.7. The van der Waals surface area contributed by atoms with Crippen LogP contribution in [0.15, 0.2) is 30.3 Å². The number of carbonyl (C=O) groups is 1. The maximum absolute atomic E-state index is 12.8. The number of nitrogens with zero attached hydrogens (tertiary/aromatic N) is 5. The van der Waals surface area contributed by atoms with Crippen molar-refractivity contribution < 1.29 is 4.79 Å². The van der Waals surface area contributed by atoms with E-state index in [0.717, 1.165) is 22.4 Å². The Morgan fingerprint density at radius 1 is 1.15 bits per heavy atom. The van der Waals surface area contributed by atoms with Crippen LogP contribution in [0.5, 0.6) is 0 Å². The molecule has 0 fully saturated rings. The average molecular weight is 363 g/mol. The van der Waals surface area contributed by atoms with Crippen LogP contribution in [0, 0.1) is 19.8 Å². The normalized spacial score (nSPS) is 12.8. The highest BCUT2D eigenvalue weighted by molar-refractivity contribution is 5.91. The Bertz CT molecular complexity index is 1110. The molecule has 4 rings (SSSR count). The van der Waals surface area contributed by atoms with E-state index in [1.165, 1.54) is 0 Å². The number of H-pyrrole nitrogens is 1. The van der Waals surface area contributed by atoms with Gasteiger partial charge < -0.3 is 10.3 Å².